The third-order valence-corrected chi connectivity index (χ3v) is 4.43. The molecule has 0 aliphatic carbocycles. The Morgan fingerprint density at radius 3 is 2.59 bits per heavy atom. The van der Waals surface area contributed by atoms with Crippen LogP contribution in [-0.4, -0.2) is 32.0 Å². The van der Waals surface area contributed by atoms with Gasteiger partial charge in [0.15, 0.2) is 0 Å². The van der Waals surface area contributed by atoms with E-state index in [0.29, 0.717) is 13.0 Å². The van der Waals surface area contributed by atoms with Gasteiger partial charge in [0.05, 0.1) is 5.69 Å². The highest BCUT2D eigenvalue weighted by Gasteiger charge is 2.18. The Hall–Kier alpha value is -3.02. The highest BCUT2D eigenvalue weighted by Crippen LogP contribution is 2.17. The van der Waals surface area contributed by atoms with Gasteiger partial charge in [-0.15, -0.1) is 0 Å². The van der Waals surface area contributed by atoms with Gasteiger partial charge in [-0.3, -0.25) is 4.79 Å². The fourth-order valence-electron chi connectivity index (χ4n) is 2.96. The smallest absolute Gasteiger partial charge is 0.242 e. The first kappa shape index (κ1) is 18.8. The number of nitrogens with one attached hydrogen (secondary N) is 1. The van der Waals surface area contributed by atoms with Crippen molar-refractivity contribution in [3.8, 4) is 11.3 Å². The van der Waals surface area contributed by atoms with E-state index in [9.17, 15) is 4.79 Å². The van der Waals surface area contributed by atoms with Gasteiger partial charge in [0.1, 0.15) is 17.7 Å². The molecule has 1 amide bonds. The molecule has 2 aromatic heterocycles. The Morgan fingerprint density at radius 2 is 1.85 bits per heavy atom. The van der Waals surface area contributed by atoms with Gasteiger partial charge in [-0.05, 0) is 13.0 Å². The fourth-order valence-corrected chi connectivity index (χ4v) is 2.96. The second kappa shape index (κ2) is 8.58. The van der Waals surface area contributed by atoms with Gasteiger partial charge in [0, 0.05) is 43.0 Å². The van der Waals surface area contributed by atoms with Crippen LogP contribution in [0.3, 0.4) is 0 Å². The maximum Gasteiger partial charge on any atom is 0.242 e. The molecule has 1 aromatic carbocycles. The third kappa shape index (κ3) is 4.58. The second-order valence-corrected chi connectivity index (χ2v) is 6.79. The highest BCUT2D eigenvalue weighted by atomic mass is 16.2. The van der Waals surface area contributed by atoms with E-state index in [1.807, 2.05) is 54.1 Å². The van der Waals surface area contributed by atoms with E-state index in [4.69, 9.17) is 0 Å². The molecule has 1 N–H and O–H groups in total. The van der Waals surface area contributed by atoms with Crippen LogP contribution in [0.15, 0.2) is 55.0 Å². The fraction of sp³-hybridized carbons (Fsp3) is 0.333. The number of carbonyl (C=O) groups is 1. The predicted molar refractivity (Wildman–Crippen MR) is 105 cm³/mol. The number of amides is 1. The van der Waals surface area contributed by atoms with Gasteiger partial charge in [0.25, 0.3) is 0 Å². The molecular weight excluding hydrogens is 338 g/mol. The Labute approximate surface area is 159 Å². The number of rotatable bonds is 7. The third-order valence-electron chi connectivity index (χ3n) is 4.43. The molecule has 0 spiro atoms. The number of aromatic nitrogens is 4. The standard InChI is InChI=1S/C21H25N5O/c1-15(2)20-23-13-14-26(20)16(3)21(27)24-12-10-19-22-11-9-18(25-19)17-7-5-4-6-8-17/h4-9,11,13-16H,10,12H2,1-3H3,(H,24,27)/t16-/m0/s1. The van der Waals surface area contributed by atoms with Crippen molar-refractivity contribution in [1.82, 2.24) is 24.8 Å². The summed E-state index contributed by atoms with van der Waals surface area (Å²) in [6, 6.07) is 11.6. The summed E-state index contributed by atoms with van der Waals surface area (Å²) in [7, 11) is 0. The number of benzene rings is 1. The molecule has 2 heterocycles. The molecule has 0 saturated heterocycles. The Balaban J connectivity index is 1.58. The molecule has 140 valence electrons. The first-order valence-corrected chi connectivity index (χ1v) is 9.24. The van der Waals surface area contributed by atoms with E-state index in [1.54, 1.807) is 12.4 Å². The van der Waals surface area contributed by atoms with Crippen LogP contribution < -0.4 is 5.32 Å². The molecule has 6 heteroatoms. The Bertz CT molecular complexity index is 888. The average Bonchev–Trinajstić information content (AvgIpc) is 3.18. The maximum atomic E-state index is 12.5. The van der Waals surface area contributed by atoms with Crippen molar-refractivity contribution in [2.24, 2.45) is 0 Å². The summed E-state index contributed by atoms with van der Waals surface area (Å²) < 4.78 is 1.92. The van der Waals surface area contributed by atoms with Crippen LogP contribution in [0, 0.1) is 0 Å². The van der Waals surface area contributed by atoms with Crippen LogP contribution in [0.4, 0.5) is 0 Å². The maximum absolute atomic E-state index is 12.5. The van der Waals surface area contributed by atoms with Crippen molar-refractivity contribution in [1.29, 1.82) is 0 Å². The van der Waals surface area contributed by atoms with Crippen molar-refractivity contribution in [3.63, 3.8) is 0 Å². The zero-order valence-electron chi connectivity index (χ0n) is 16.0. The molecule has 27 heavy (non-hydrogen) atoms. The zero-order valence-corrected chi connectivity index (χ0v) is 16.0. The molecule has 1 atom stereocenters. The lowest BCUT2D eigenvalue weighted by Crippen LogP contribution is -2.33. The molecule has 0 bridgehead atoms. The summed E-state index contributed by atoms with van der Waals surface area (Å²) in [6.07, 6.45) is 5.93. The second-order valence-electron chi connectivity index (χ2n) is 6.79. The van der Waals surface area contributed by atoms with E-state index in [0.717, 1.165) is 22.9 Å². The largest absolute Gasteiger partial charge is 0.354 e. The van der Waals surface area contributed by atoms with E-state index in [2.05, 4.69) is 34.1 Å². The summed E-state index contributed by atoms with van der Waals surface area (Å²) in [5.74, 6) is 1.87. The van der Waals surface area contributed by atoms with Crippen molar-refractivity contribution >= 4 is 5.91 Å². The Kier molecular flexibility index (Phi) is 5.96. The molecule has 0 fully saturated rings. The van der Waals surface area contributed by atoms with Crippen LogP contribution in [-0.2, 0) is 11.2 Å². The molecule has 3 aromatic rings. The summed E-state index contributed by atoms with van der Waals surface area (Å²) in [5.41, 5.74) is 1.94. The minimum atomic E-state index is -0.304. The van der Waals surface area contributed by atoms with Crippen molar-refractivity contribution in [2.75, 3.05) is 6.54 Å². The SMILES string of the molecule is CC(C)c1nccn1[C@@H](C)C(=O)NCCc1nccc(-c2ccccc2)n1. The average molecular weight is 363 g/mol. The summed E-state index contributed by atoms with van der Waals surface area (Å²) in [5, 5.41) is 2.98. The van der Waals surface area contributed by atoms with E-state index in [-0.39, 0.29) is 17.9 Å². The summed E-state index contributed by atoms with van der Waals surface area (Å²) >= 11 is 0. The minimum absolute atomic E-state index is 0.0332. The monoisotopic (exact) mass is 363 g/mol. The van der Waals surface area contributed by atoms with Crippen LogP contribution in [0.5, 0.6) is 0 Å². The van der Waals surface area contributed by atoms with E-state index in [1.165, 1.54) is 0 Å². The normalized spacial score (nSPS) is 12.1. The summed E-state index contributed by atoms with van der Waals surface area (Å²) in [4.78, 5) is 25.8. The van der Waals surface area contributed by atoms with Crippen molar-refractivity contribution in [2.45, 2.75) is 39.2 Å². The lowest BCUT2D eigenvalue weighted by Gasteiger charge is -2.17. The quantitative estimate of drug-likeness (QED) is 0.698. The van der Waals surface area contributed by atoms with E-state index >= 15 is 0 Å². The minimum Gasteiger partial charge on any atom is -0.354 e. The van der Waals surface area contributed by atoms with Gasteiger partial charge in [0.2, 0.25) is 5.91 Å². The molecule has 0 aliphatic rings. The first-order valence-electron chi connectivity index (χ1n) is 9.24. The topological polar surface area (TPSA) is 72.7 Å². The number of imidazole rings is 1. The first-order chi connectivity index (χ1) is 13.1. The van der Waals surface area contributed by atoms with Crippen molar-refractivity contribution in [3.05, 3.63) is 66.6 Å². The van der Waals surface area contributed by atoms with Crippen LogP contribution >= 0.6 is 0 Å². The zero-order chi connectivity index (χ0) is 19.2. The molecule has 0 unspecified atom stereocenters. The molecule has 0 aliphatic heterocycles. The van der Waals surface area contributed by atoms with Gasteiger partial charge >= 0.3 is 0 Å². The number of nitrogens with zero attached hydrogens (tertiary/aromatic N) is 4. The van der Waals surface area contributed by atoms with Gasteiger partial charge in [-0.1, -0.05) is 44.2 Å². The lowest BCUT2D eigenvalue weighted by atomic mass is 10.1. The number of hydrogen-bond donors (Lipinski definition) is 1. The molecular formula is C21H25N5O. The van der Waals surface area contributed by atoms with Crippen LogP contribution in [0.25, 0.3) is 11.3 Å². The van der Waals surface area contributed by atoms with Crippen LogP contribution in [0.2, 0.25) is 0 Å². The molecule has 6 nitrogen and oxygen atoms in total. The van der Waals surface area contributed by atoms with Gasteiger partial charge < -0.3 is 9.88 Å². The lowest BCUT2D eigenvalue weighted by molar-refractivity contribution is -0.123. The summed E-state index contributed by atoms with van der Waals surface area (Å²) in [6.45, 7) is 6.52. The van der Waals surface area contributed by atoms with E-state index < -0.39 is 0 Å². The molecule has 0 radical (unpaired) electrons. The number of hydrogen-bond acceptors (Lipinski definition) is 4. The highest BCUT2D eigenvalue weighted by molar-refractivity contribution is 5.79. The Morgan fingerprint density at radius 1 is 1.07 bits per heavy atom. The van der Waals surface area contributed by atoms with Gasteiger partial charge in [-0.2, -0.15) is 0 Å². The van der Waals surface area contributed by atoms with Gasteiger partial charge in [-0.25, -0.2) is 15.0 Å². The van der Waals surface area contributed by atoms with Crippen molar-refractivity contribution < 1.29 is 4.79 Å². The number of carbonyl (C=O) groups excluding carboxylic acids is 1. The molecule has 0 saturated carbocycles. The van der Waals surface area contributed by atoms with Crippen LogP contribution in [0.1, 0.15) is 44.4 Å². The predicted octanol–water partition coefficient (Wildman–Crippen LogP) is 3.38. The molecule has 3 rings (SSSR count).